The molecule has 142 valence electrons. The Morgan fingerprint density at radius 3 is 1.88 bits per heavy atom. The summed E-state index contributed by atoms with van der Waals surface area (Å²) in [4.78, 5) is 7.91. The molecule has 0 saturated carbocycles. The zero-order chi connectivity index (χ0) is 17.8. The molecule has 2 saturated heterocycles. The number of hydrogen-bond donors (Lipinski definition) is 0. The lowest BCUT2D eigenvalue weighted by Gasteiger charge is -2.43. The largest absolute Gasteiger partial charge is 0.375 e. The van der Waals surface area contributed by atoms with E-state index in [0.717, 1.165) is 19.1 Å². The van der Waals surface area contributed by atoms with Gasteiger partial charge in [-0.05, 0) is 73.4 Å². The lowest BCUT2D eigenvalue weighted by molar-refractivity contribution is -0.0173. The number of hydrogen-bond acceptors (Lipinski definition) is 4. The lowest BCUT2D eigenvalue weighted by Crippen LogP contribution is -2.54. The van der Waals surface area contributed by atoms with Gasteiger partial charge in [-0.25, -0.2) is 0 Å². The van der Waals surface area contributed by atoms with E-state index >= 15 is 0 Å². The third kappa shape index (κ3) is 6.99. The van der Waals surface area contributed by atoms with E-state index in [-0.39, 0.29) is 5.60 Å². The summed E-state index contributed by atoms with van der Waals surface area (Å²) in [6.07, 6.45) is 2.71. The van der Waals surface area contributed by atoms with Crippen molar-refractivity contribution in [2.75, 3.05) is 59.0 Å². The Morgan fingerprint density at radius 2 is 1.38 bits per heavy atom. The molecule has 0 aromatic carbocycles. The van der Waals surface area contributed by atoms with E-state index in [1.54, 1.807) is 0 Å². The summed E-state index contributed by atoms with van der Waals surface area (Å²) in [5, 5.41) is 0. The van der Waals surface area contributed by atoms with Crippen LogP contribution in [0, 0.1) is 5.92 Å². The van der Waals surface area contributed by atoms with E-state index in [4.69, 9.17) is 4.74 Å². The molecule has 0 bridgehead atoms. The number of piperidine rings is 1. The molecule has 24 heavy (non-hydrogen) atoms. The molecule has 0 N–H and O–H groups in total. The van der Waals surface area contributed by atoms with Crippen molar-refractivity contribution in [3.8, 4) is 0 Å². The van der Waals surface area contributed by atoms with Crippen LogP contribution in [0.25, 0.3) is 0 Å². The zero-order valence-corrected chi connectivity index (χ0v) is 17.1. The van der Waals surface area contributed by atoms with Gasteiger partial charge >= 0.3 is 0 Å². The Labute approximate surface area is 150 Å². The van der Waals surface area contributed by atoms with Gasteiger partial charge in [0.25, 0.3) is 0 Å². The van der Waals surface area contributed by atoms with E-state index in [9.17, 15) is 0 Å². The molecule has 2 heterocycles. The molecule has 0 spiro atoms. The van der Waals surface area contributed by atoms with Crippen LogP contribution in [-0.2, 0) is 4.74 Å². The summed E-state index contributed by atoms with van der Waals surface area (Å²) in [5.74, 6) is 0.894. The monoisotopic (exact) mass is 339 g/mol. The lowest BCUT2D eigenvalue weighted by atomic mass is 9.95. The van der Waals surface area contributed by atoms with E-state index in [1.165, 1.54) is 58.7 Å². The highest BCUT2D eigenvalue weighted by atomic mass is 16.5. The molecule has 2 fully saturated rings. The Morgan fingerprint density at radius 1 is 0.792 bits per heavy atom. The highest BCUT2D eigenvalue weighted by Crippen LogP contribution is 2.21. The summed E-state index contributed by atoms with van der Waals surface area (Å²) >= 11 is 0. The van der Waals surface area contributed by atoms with Gasteiger partial charge in [0.2, 0.25) is 0 Å². The first kappa shape index (κ1) is 20.2. The van der Waals surface area contributed by atoms with Crippen molar-refractivity contribution in [3.63, 3.8) is 0 Å². The first-order chi connectivity index (χ1) is 11.1. The number of likely N-dealkylation sites (tertiary alicyclic amines) is 1. The van der Waals surface area contributed by atoms with Gasteiger partial charge < -0.3 is 14.5 Å². The summed E-state index contributed by atoms with van der Waals surface area (Å²) in [5.41, 5.74) is 0.320. The molecule has 0 aromatic heterocycles. The molecule has 0 aliphatic carbocycles. The fraction of sp³-hybridized carbons (Fsp3) is 1.00. The highest BCUT2D eigenvalue weighted by Gasteiger charge is 2.28. The minimum Gasteiger partial charge on any atom is -0.375 e. The molecule has 0 amide bonds. The Hall–Kier alpha value is -0.160. The van der Waals surface area contributed by atoms with Crippen molar-refractivity contribution in [3.05, 3.63) is 0 Å². The average molecular weight is 340 g/mol. The van der Waals surface area contributed by atoms with Crippen molar-refractivity contribution < 1.29 is 4.74 Å². The molecule has 0 radical (unpaired) electrons. The van der Waals surface area contributed by atoms with Crippen LogP contribution in [0.1, 0.15) is 54.4 Å². The smallest absolute Gasteiger partial charge is 0.0600 e. The summed E-state index contributed by atoms with van der Waals surface area (Å²) in [6, 6.07) is 0. The fourth-order valence-corrected chi connectivity index (χ4v) is 3.84. The van der Waals surface area contributed by atoms with Gasteiger partial charge in [0.05, 0.1) is 12.2 Å². The van der Waals surface area contributed by atoms with Gasteiger partial charge in [0.1, 0.15) is 0 Å². The van der Waals surface area contributed by atoms with E-state index < -0.39 is 0 Å². The van der Waals surface area contributed by atoms with Crippen molar-refractivity contribution >= 4 is 0 Å². The Kier molecular flexibility index (Phi) is 7.12. The predicted molar refractivity (Wildman–Crippen MR) is 103 cm³/mol. The average Bonchev–Trinajstić information content (AvgIpc) is 2.47. The van der Waals surface area contributed by atoms with Crippen LogP contribution in [-0.4, -0.2) is 84.8 Å². The molecule has 0 atom stereocenters. The molecule has 0 unspecified atom stereocenters. The van der Waals surface area contributed by atoms with Crippen LogP contribution in [0.5, 0.6) is 0 Å². The van der Waals surface area contributed by atoms with Crippen LogP contribution in [0.3, 0.4) is 0 Å². The molecule has 2 aliphatic heterocycles. The quantitative estimate of drug-likeness (QED) is 0.766. The van der Waals surface area contributed by atoms with E-state index in [2.05, 4.69) is 56.2 Å². The van der Waals surface area contributed by atoms with E-state index in [1.807, 2.05) is 0 Å². The van der Waals surface area contributed by atoms with Crippen LogP contribution < -0.4 is 0 Å². The molecular formula is C20H41N3O. The highest BCUT2D eigenvalue weighted by molar-refractivity contribution is 4.83. The van der Waals surface area contributed by atoms with Crippen LogP contribution in [0.15, 0.2) is 0 Å². The maximum Gasteiger partial charge on any atom is 0.0600 e. The molecule has 4 heteroatoms. The maximum atomic E-state index is 5.86. The van der Waals surface area contributed by atoms with Gasteiger partial charge in [-0.1, -0.05) is 0 Å². The normalized spacial score (nSPS) is 23.8. The molecule has 0 aromatic rings. The van der Waals surface area contributed by atoms with Crippen molar-refractivity contribution in [2.24, 2.45) is 5.92 Å². The van der Waals surface area contributed by atoms with Gasteiger partial charge in [-0.15, -0.1) is 0 Å². The minimum absolute atomic E-state index is 0.00643. The van der Waals surface area contributed by atoms with Gasteiger partial charge in [-0.2, -0.15) is 0 Å². The first-order valence-electron chi connectivity index (χ1n) is 9.97. The standard InChI is InChI=1S/C20H41N3O/c1-19(2,3)23-13-11-22(12-14-23)17-18-7-9-21(10-8-18)15-16-24-20(4,5)6/h18H,7-17H2,1-6H3. The second-order valence-corrected chi connectivity index (χ2v) is 9.70. The number of rotatable bonds is 5. The molecule has 4 nitrogen and oxygen atoms in total. The topological polar surface area (TPSA) is 19.0 Å². The number of ether oxygens (including phenoxy) is 1. The molecular weight excluding hydrogens is 298 g/mol. The third-order valence-electron chi connectivity index (χ3n) is 5.49. The van der Waals surface area contributed by atoms with Gasteiger partial charge in [-0.3, -0.25) is 4.90 Å². The zero-order valence-electron chi connectivity index (χ0n) is 17.1. The summed E-state index contributed by atoms with van der Waals surface area (Å²) in [6.45, 7) is 24.1. The molecule has 2 rings (SSSR count). The second kappa shape index (κ2) is 8.48. The predicted octanol–water partition coefficient (Wildman–Crippen LogP) is 2.93. The SMILES string of the molecule is CC(C)(C)OCCN1CCC(CN2CCN(C(C)(C)C)CC2)CC1. The first-order valence-corrected chi connectivity index (χ1v) is 9.97. The van der Waals surface area contributed by atoms with Gasteiger partial charge in [0, 0.05) is 44.8 Å². The van der Waals surface area contributed by atoms with Crippen LogP contribution >= 0.6 is 0 Å². The van der Waals surface area contributed by atoms with Crippen molar-refractivity contribution in [1.82, 2.24) is 14.7 Å². The van der Waals surface area contributed by atoms with Gasteiger partial charge in [0.15, 0.2) is 0 Å². The van der Waals surface area contributed by atoms with Crippen LogP contribution in [0.2, 0.25) is 0 Å². The fourth-order valence-electron chi connectivity index (χ4n) is 3.84. The molecule has 2 aliphatic rings. The minimum atomic E-state index is -0.00643. The Bertz CT molecular complexity index is 356. The van der Waals surface area contributed by atoms with E-state index in [0.29, 0.717) is 5.54 Å². The second-order valence-electron chi connectivity index (χ2n) is 9.70. The van der Waals surface area contributed by atoms with Crippen molar-refractivity contribution in [2.45, 2.75) is 65.5 Å². The Balaban J connectivity index is 1.60. The van der Waals surface area contributed by atoms with Crippen molar-refractivity contribution in [1.29, 1.82) is 0 Å². The van der Waals surface area contributed by atoms with Crippen LogP contribution in [0.4, 0.5) is 0 Å². The summed E-state index contributed by atoms with van der Waals surface area (Å²) in [7, 11) is 0. The summed E-state index contributed by atoms with van der Waals surface area (Å²) < 4.78 is 5.86. The third-order valence-corrected chi connectivity index (χ3v) is 5.49. The number of piperazine rings is 1. The maximum absolute atomic E-state index is 5.86. The number of nitrogens with zero attached hydrogens (tertiary/aromatic N) is 3.